The summed E-state index contributed by atoms with van der Waals surface area (Å²) >= 11 is 0. The van der Waals surface area contributed by atoms with Crippen LogP contribution in [0.25, 0.3) is 0 Å². The van der Waals surface area contributed by atoms with Crippen molar-refractivity contribution < 1.29 is 9.59 Å². The Balaban J connectivity index is 1.60. The molecule has 1 saturated heterocycles. The maximum atomic E-state index is 12.3. The van der Waals surface area contributed by atoms with Crippen LogP contribution in [0, 0.1) is 5.92 Å². The molecule has 1 aromatic heterocycles. The molecule has 0 bridgehead atoms. The number of hydrogen-bond acceptors (Lipinski definition) is 3. The van der Waals surface area contributed by atoms with Gasteiger partial charge in [0.2, 0.25) is 5.91 Å². The van der Waals surface area contributed by atoms with Gasteiger partial charge in [-0.1, -0.05) is 26.0 Å². The summed E-state index contributed by atoms with van der Waals surface area (Å²) in [4.78, 5) is 26.2. The molecule has 0 atom stereocenters. The molecule has 1 aliphatic heterocycles. The van der Waals surface area contributed by atoms with Crippen molar-refractivity contribution in [2.45, 2.75) is 46.1 Å². The largest absolute Gasteiger partial charge is 0.347 e. The SMILES string of the molecule is CC(C)Cc1cc(C(=O)NCc2cccc(N3CCCCC3=O)c2)n[nH]1. The fraction of sp³-hybridized carbons (Fsp3) is 0.450. The van der Waals surface area contributed by atoms with Gasteiger partial charge in [0.1, 0.15) is 5.69 Å². The molecule has 2 amide bonds. The van der Waals surface area contributed by atoms with E-state index in [1.165, 1.54) is 0 Å². The number of nitrogens with zero attached hydrogens (tertiary/aromatic N) is 2. The number of nitrogens with one attached hydrogen (secondary N) is 2. The van der Waals surface area contributed by atoms with Crippen molar-refractivity contribution in [3.05, 3.63) is 47.3 Å². The maximum Gasteiger partial charge on any atom is 0.272 e. The van der Waals surface area contributed by atoms with Gasteiger partial charge in [-0.3, -0.25) is 14.7 Å². The summed E-state index contributed by atoms with van der Waals surface area (Å²) in [5, 5.41) is 9.91. The Bertz CT molecular complexity index is 782. The van der Waals surface area contributed by atoms with Crippen molar-refractivity contribution in [3.63, 3.8) is 0 Å². The monoisotopic (exact) mass is 354 g/mol. The summed E-state index contributed by atoms with van der Waals surface area (Å²) in [6.07, 6.45) is 3.48. The number of aromatic nitrogens is 2. The zero-order valence-corrected chi connectivity index (χ0v) is 15.4. The lowest BCUT2D eigenvalue weighted by atomic mass is 10.1. The second-order valence-corrected chi connectivity index (χ2v) is 7.23. The van der Waals surface area contributed by atoms with Gasteiger partial charge in [0.05, 0.1) is 0 Å². The van der Waals surface area contributed by atoms with Gasteiger partial charge in [0.15, 0.2) is 0 Å². The molecule has 0 saturated carbocycles. The van der Waals surface area contributed by atoms with Crippen molar-refractivity contribution in [2.24, 2.45) is 5.92 Å². The summed E-state index contributed by atoms with van der Waals surface area (Å²) in [6, 6.07) is 9.60. The smallest absolute Gasteiger partial charge is 0.272 e. The minimum absolute atomic E-state index is 0.173. The number of anilines is 1. The van der Waals surface area contributed by atoms with Crippen molar-refractivity contribution >= 4 is 17.5 Å². The van der Waals surface area contributed by atoms with Crippen LogP contribution in [0.5, 0.6) is 0 Å². The van der Waals surface area contributed by atoms with Crippen LogP contribution < -0.4 is 10.2 Å². The van der Waals surface area contributed by atoms with Gasteiger partial charge in [-0.15, -0.1) is 0 Å². The molecule has 26 heavy (non-hydrogen) atoms. The molecule has 1 fully saturated rings. The molecule has 2 heterocycles. The molecule has 1 aliphatic rings. The van der Waals surface area contributed by atoms with E-state index in [1.807, 2.05) is 29.2 Å². The number of carbonyl (C=O) groups is 2. The van der Waals surface area contributed by atoms with Crippen molar-refractivity contribution in [1.82, 2.24) is 15.5 Å². The molecule has 2 N–H and O–H groups in total. The van der Waals surface area contributed by atoms with Gasteiger partial charge in [-0.25, -0.2) is 0 Å². The van der Waals surface area contributed by atoms with Crippen LogP contribution in [0.3, 0.4) is 0 Å². The highest BCUT2D eigenvalue weighted by Crippen LogP contribution is 2.22. The van der Waals surface area contributed by atoms with Gasteiger partial charge >= 0.3 is 0 Å². The number of H-pyrrole nitrogens is 1. The Hall–Kier alpha value is -2.63. The Morgan fingerprint density at radius 1 is 1.31 bits per heavy atom. The lowest BCUT2D eigenvalue weighted by molar-refractivity contribution is -0.119. The molecule has 0 unspecified atom stereocenters. The molecule has 2 aromatic rings. The third-order valence-corrected chi connectivity index (χ3v) is 4.49. The molecule has 0 aliphatic carbocycles. The topological polar surface area (TPSA) is 78.1 Å². The predicted octanol–water partition coefficient (Wildman–Crippen LogP) is 3.06. The zero-order valence-electron chi connectivity index (χ0n) is 15.4. The first-order chi connectivity index (χ1) is 12.5. The van der Waals surface area contributed by atoms with E-state index in [-0.39, 0.29) is 11.8 Å². The highest BCUT2D eigenvalue weighted by Gasteiger charge is 2.19. The van der Waals surface area contributed by atoms with E-state index >= 15 is 0 Å². The Kier molecular flexibility index (Phi) is 5.71. The number of aromatic amines is 1. The van der Waals surface area contributed by atoms with E-state index in [0.29, 0.717) is 24.6 Å². The summed E-state index contributed by atoms with van der Waals surface area (Å²) in [5.41, 5.74) is 3.24. The third-order valence-electron chi connectivity index (χ3n) is 4.49. The number of piperidine rings is 1. The molecular formula is C20H26N4O2. The molecule has 0 radical (unpaired) electrons. The Morgan fingerprint density at radius 3 is 2.92 bits per heavy atom. The number of amides is 2. The van der Waals surface area contributed by atoms with Gasteiger partial charge in [-0.2, -0.15) is 5.10 Å². The van der Waals surface area contributed by atoms with Crippen LogP contribution in [0.4, 0.5) is 5.69 Å². The molecule has 6 nitrogen and oxygen atoms in total. The summed E-state index contributed by atoms with van der Waals surface area (Å²) in [7, 11) is 0. The number of rotatable bonds is 6. The van der Waals surface area contributed by atoms with Gasteiger partial charge in [-0.05, 0) is 48.9 Å². The van der Waals surface area contributed by atoms with E-state index in [9.17, 15) is 9.59 Å². The lowest BCUT2D eigenvalue weighted by Gasteiger charge is -2.27. The average Bonchev–Trinajstić information content (AvgIpc) is 3.08. The van der Waals surface area contributed by atoms with E-state index in [2.05, 4.69) is 29.4 Å². The van der Waals surface area contributed by atoms with Crippen LogP contribution >= 0.6 is 0 Å². The van der Waals surface area contributed by atoms with Gasteiger partial charge in [0.25, 0.3) is 5.91 Å². The van der Waals surface area contributed by atoms with E-state index in [4.69, 9.17) is 0 Å². The summed E-state index contributed by atoms with van der Waals surface area (Å²) < 4.78 is 0. The summed E-state index contributed by atoms with van der Waals surface area (Å²) in [6.45, 7) is 5.42. The zero-order chi connectivity index (χ0) is 18.5. The van der Waals surface area contributed by atoms with E-state index < -0.39 is 0 Å². The fourth-order valence-corrected chi connectivity index (χ4v) is 3.21. The molecule has 6 heteroatoms. The summed E-state index contributed by atoms with van der Waals surface area (Å²) in [5.74, 6) is 0.481. The van der Waals surface area contributed by atoms with Crippen molar-refractivity contribution in [2.75, 3.05) is 11.4 Å². The molecular weight excluding hydrogens is 328 g/mol. The predicted molar refractivity (Wildman–Crippen MR) is 101 cm³/mol. The van der Waals surface area contributed by atoms with Crippen LogP contribution in [-0.4, -0.2) is 28.6 Å². The van der Waals surface area contributed by atoms with Crippen molar-refractivity contribution in [1.29, 1.82) is 0 Å². The number of benzene rings is 1. The second-order valence-electron chi connectivity index (χ2n) is 7.23. The molecule has 3 rings (SSSR count). The standard InChI is InChI=1S/C20H26N4O2/c1-14(2)10-16-12-18(23-22-16)20(26)21-13-15-6-5-7-17(11-15)24-9-4-3-8-19(24)25/h5-7,11-12,14H,3-4,8-10,13H2,1-2H3,(H,21,26)(H,22,23). The minimum Gasteiger partial charge on any atom is -0.347 e. The Labute approximate surface area is 154 Å². The first-order valence-electron chi connectivity index (χ1n) is 9.24. The van der Waals surface area contributed by atoms with E-state index in [1.54, 1.807) is 6.07 Å². The number of hydrogen-bond donors (Lipinski definition) is 2. The third kappa shape index (κ3) is 4.50. The second kappa shape index (κ2) is 8.17. The number of carbonyl (C=O) groups excluding carboxylic acids is 2. The van der Waals surface area contributed by atoms with Gasteiger partial charge < -0.3 is 10.2 Å². The quantitative estimate of drug-likeness (QED) is 0.837. The van der Waals surface area contributed by atoms with Crippen LogP contribution in [-0.2, 0) is 17.8 Å². The Morgan fingerprint density at radius 2 is 2.15 bits per heavy atom. The molecule has 1 aromatic carbocycles. The highest BCUT2D eigenvalue weighted by atomic mass is 16.2. The first-order valence-corrected chi connectivity index (χ1v) is 9.24. The average molecular weight is 354 g/mol. The maximum absolute atomic E-state index is 12.3. The minimum atomic E-state index is -0.198. The van der Waals surface area contributed by atoms with E-state index in [0.717, 1.165) is 42.8 Å². The lowest BCUT2D eigenvalue weighted by Crippen LogP contribution is -2.35. The van der Waals surface area contributed by atoms with Crippen LogP contribution in [0.2, 0.25) is 0 Å². The van der Waals surface area contributed by atoms with Crippen LogP contribution in [0.1, 0.15) is 54.9 Å². The first kappa shape index (κ1) is 18.2. The highest BCUT2D eigenvalue weighted by molar-refractivity contribution is 5.94. The van der Waals surface area contributed by atoms with Crippen LogP contribution in [0.15, 0.2) is 30.3 Å². The fourth-order valence-electron chi connectivity index (χ4n) is 3.21. The van der Waals surface area contributed by atoms with Gasteiger partial charge in [0, 0.05) is 30.9 Å². The molecule has 0 spiro atoms. The normalized spacial score (nSPS) is 14.7. The van der Waals surface area contributed by atoms with Crippen molar-refractivity contribution in [3.8, 4) is 0 Å². The molecule has 138 valence electrons.